The van der Waals surface area contributed by atoms with Gasteiger partial charge in [0.1, 0.15) is 0 Å². The molecule has 0 amide bonds. The summed E-state index contributed by atoms with van der Waals surface area (Å²) in [4.78, 5) is 0. The van der Waals surface area contributed by atoms with E-state index in [9.17, 15) is 0 Å². The highest BCUT2D eigenvalue weighted by molar-refractivity contribution is 9.10. The van der Waals surface area contributed by atoms with Crippen molar-refractivity contribution in [1.82, 2.24) is 0 Å². The zero-order valence-corrected chi connectivity index (χ0v) is 10.2. The van der Waals surface area contributed by atoms with Crippen LogP contribution in [0.4, 0.5) is 0 Å². The predicted octanol–water partition coefficient (Wildman–Crippen LogP) is 2.88. The van der Waals surface area contributed by atoms with Gasteiger partial charge in [-0.05, 0) is 36.5 Å². The number of rotatable bonds is 2. The van der Waals surface area contributed by atoms with E-state index < -0.39 is 0 Å². The summed E-state index contributed by atoms with van der Waals surface area (Å²) in [6.45, 7) is 1.71. The Morgan fingerprint density at radius 2 is 1.80 bits per heavy atom. The molecule has 82 valence electrons. The second-order valence-corrected chi connectivity index (χ2v) is 4.94. The lowest BCUT2D eigenvalue weighted by Crippen LogP contribution is -2.27. The molecule has 0 radical (unpaired) electrons. The maximum absolute atomic E-state index is 6.25. The molecule has 0 bridgehead atoms. The predicted molar refractivity (Wildman–Crippen MR) is 64.6 cm³/mol. The maximum Gasteiger partial charge on any atom is 0.0469 e. The van der Waals surface area contributed by atoms with Gasteiger partial charge in [0.05, 0.1) is 0 Å². The molecule has 1 aromatic rings. The maximum atomic E-state index is 6.25. The van der Waals surface area contributed by atoms with Crippen LogP contribution in [-0.4, -0.2) is 13.2 Å². The molecule has 1 aliphatic rings. The molecule has 2 rings (SSSR count). The van der Waals surface area contributed by atoms with Crippen molar-refractivity contribution in [1.29, 1.82) is 0 Å². The lowest BCUT2D eigenvalue weighted by molar-refractivity contribution is 0.0584. The summed E-state index contributed by atoms with van der Waals surface area (Å²) in [6, 6.07) is 8.46. The lowest BCUT2D eigenvalue weighted by Gasteiger charge is -2.27. The van der Waals surface area contributed by atoms with E-state index in [-0.39, 0.29) is 6.04 Å². The van der Waals surface area contributed by atoms with Crippen molar-refractivity contribution in [2.45, 2.75) is 18.9 Å². The highest BCUT2D eigenvalue weighted by Gasteiger charge is 2.21. The summed E-state index contributed by atoms with van der Waals surface area (Å²) in [5.41, 5.74) is 7.48. The van der Waals surface area contributed by atoms with Gasteiger partial charge in [-0.25, -0.2) is 0 Å². The Labute approximate surface area is 98.9 Å². The normalized spacial score (nSPS) is 20.1. The van der Waals surface area contributed by atoms with Crippen LogP contribution >= 0.6 is 15.9 Å². The minimum absolute atomic E-state index is 0.155. The zero-order valence-electron chi connectivity index (χ0n) is 8.66. The number of hydrogen-bond donors (Lipinski definition) is 1. The molecule has 0 aliphatic carbocycles. The quantitative estimate of drug-likeness (QED) is 0.896. The van der Waals surface area contributed by atoms with Crippen molar-refractivity contribution >= 4 is 15.9 Å². The van der Waals surface area contributed by atoms with Crippen molar-refractivity contribution in [3.63, 3.8) is 0 Å². The Bertz CT molecular complexity index is 306. The van der Waals surface area contributed by atoms with Crippen molar-refractivity contribution in [3.05, 3.63) is 34.3 Å². The molecule has 1 atom stereocenters. The largest absolute Gasteiger partial charge is 0.381 e. The van der Waals surface area contributed by atoms with E-state index in [0.29, 0.717) is 5.92 Å². The smallest absolute Gasteiger partial charge is 0.0469 e. The number of benzene rings is 1. The van der Waals surface area contributed by atoms with Crippen LogP contribution in [0.1, 0.15) is 24.4 Å². The fourth-order valence-corrected chi connectivity index (χ4v) is 2.30. The average Bonchev–Trinajstić information content (AvgIpc) is 2.30. The SMILES string of the molecule is N[C@@H](c1ccc(Br)cc1)C1CCOCC1. The van der Waals surface area contributed by atoms with E-state index in [1.54, 1.807) is 0 Å². The van der Waals surface area contributed by atoms with E-state index in [1.165, 1.54) is 5.56 Å². The number of nitrogens with two attached hydrogens (primary N) is 1. The molecular weight excluding hydrogens is 254 g/mol. The summed E-state index contributed by atoms with van der Waals surface area (Å²) in [6.07, 6.45) is 2.16. The summed E-state index contributed by atoms with van der Waals surface area (Å²) >= 11 is 3.43. The Morgan fingerprint density at radius 1 is 1.20 bits per heavy atom. The third-order valence-corrected chi connectivity index (χ3v) is 3.56. The van der Waals surface area contributed by atoms with Gasteiger partial charge in [-0.2, -0.15) is 0 Å². The first-order valence-electron chi connectivity index (χ1n) is 5.36. The Morgan fingerprint density at radius 3 is 2.40 bits per heavy atom. The van der Waals surface area contributed by atoms with Crippen LogP contribution in [0, 0.1) is 5.92 Å². The third-order valence-electron chi connectivity index (χ3n) is 3.03. The zero-order chi connectivity index (χ0) is 10.7. The molecular formula is C12H16BrNO. The standard InChI is InChI=1S/C12H16BrNO/c13-11-3-1-9(2-4-11)12(14)10-5-7-15-8-6-10/h1-4,10,12H,5-8,14H2/t12-/m0/s1. The van der Waals surface area contributed by atoms with Crippen LogP contribution in [0.2, 0.25) is 0 Å². The van der Waals surface area contributed by atoms with Gasteiger partial charge in [0.25, 0.3) is 0 Å². The van der Waals surface area contributed by atoms with E-state index in [4.69, 9.17) is 10.5 Å². The molecule has 2 nitrogen and oxygen atoms in total. The highest BCUT2D eigenvalue weighted by Crippen LogP contribution is 2.28. The van der Waals surface area contributed by atoms with Gasteiger partial charge in [0.15, 0.2) is 0 Å². The third kappa shape index (κ3) is 2.80. The molecule has 1 fully saturated rings. The van der Waals surface area contributed by atoms with Crippen LogP contribution in [0.3, 0.4) is 0 Å². The lowest BCUT2D eigenvalue weighted by atomic mass is 9.88. The topological polar surface area (TPSA) is 35.2 Å². The molecule has 0 saturated carbocycles. The monoisotopic (exact) mass is 269 g/mol. The number of hydrogen-bond acceptors (Lipinski definition) is 2. The second-order valence-electron chi connectivity index (χ2n) is 4.03. The first-order chi connectivity index (χ1) is 7.27. The fraction of sp³-hybridized carbons (Fsp3) is 0.500. The van der Waals surface area contributed by atoms with Gasteiger partial charge in [-0.1, -0.05) is 28.1 Å². The van der Waals surface area contributed by atoms with Crippen molar-refractivity contribution < 1.29 is 4.74 Å². The van der Waals surface area contributed by atoms with Crippen LogP contribution < -0.4 is 5.73 Å². The van der Waals surface area contributed by atoms with Crippen LogP contribution in [0.25, 0.3) is 0 Å². The Hall–Kier alpha value is -0.380. The Kier molecular flexibility index (Phi) is 3.78. The molecule has 1 saturated heterocycles. The van der Waals surface area contributed by atoms with Gasteiger partial charge in [0, 0.05) is 23.7 Å². The minimum Gasteiger partial charge on any atom is -0.381 e. The number of ether oxygens (including phenoxy) is 1. The summed E-state index contributed by atoms with van der Waals surface area (Å²) in [5, 5.41) is 0. The molecule has 1 aliphatic heterocycles. The van der Waals surface area contributed by atoms with Crippen LogP contribution in [-0.2, 0) is 4.74 Å². The van der Waals surface area contributed by atoms with E-state index >= 15 is 0 Å². The average molecular weight is 270 g/mol. The molecule has 1 aromatic carbocycles. The molecule has 0 unspecified atom stereocenters. The van der Waals surface area contributed by atoms with Crippen molar-refractivity contribution in [3.8, 4) is 0 Å². The van der Waals surface area contributed by atoms with Gasteiger partial charge in [-0.3, -0.25) is 0 Å². The van der Waals surface area contributed by atoms with Gasteiger partial charge in [0.2, 0.25) is 0 Å². The van der Waals surface area contributed by atoms with Gasteiger partial charge in [-0.15, -0.1) is 0 Å². The first kappa shape index (κ1) is 11.1. The van der Waals surface area contributed by atoms with E-state index in [2.05, 4.69) is 40.2 Å². The van der Waals surface area contributed by atoms with Gasteiger partial charge < -0.3 is 10.5 Å². The van der Waals surface area contributed by atoms with Crippen LogP contribution in [0.5, 0.6) is 0 Å². The van der Waals surface area contributed by atoms with Gasteiger partial charge >= 0.3 is 0 Å². The van der Waals surface area contributed by atoms with E-state index in [0.717, 1.165) is 30.5 Å². The molecule has 0 aromatic heterocycles. The number of halogens is 1. The summed E-state index contributed by atoms with van der Waals surface area (Å²) in [5.74, 6) is 0.569. The first-order valence-corrected chi connectivity index (χ1v) is 6.15. The second kappa shape index (κ2) is 5.10. The molecule has 15 heavy (non-hydrogen) atoms. The van der Waals surface area contributed by atoms with Crippen molar-refractivity contribution in [2.75, 3.05) is 13.2 Å². The molecule has 1 heterocycles. The Balaban J connectivity index is 2.05. The molecule has 2 N–H and O–H groups in total. The summed E-state index contributed by atoms with van der Waals surface area (Å²) < 4.78 is 6.44. The fourth-order valence-electron chi connectivity index (χ4n) is 2.03. The molecule has 3 heteroatoms. The minimum atomic E-state index is 0.155. The molecule has 0 spiro atoms. The van der Waals surface area contributed by atoms with E-state index in [1.807, 2.05) is 0 Å². The highest BCUT2D eigenvalue weighted by atomic mass is 79.9. The van der Waals surface area contributed by atoms with Crippen LogP contribution in [0.15, 0.2) is 28.7 Å². The van der Waals surface area contributed by atoms with Crippen molar-refractivity contribution in [2.24, 2.45) is 11.7 Å². The summed E-state index contributed by atoms with van der Waals surface area (Å²) in [7, 11) is 0.